The van der Waals surface area contributed by atoms with Crippen molar-refractivity contribution in [3.05, 3.63) is 293 Å². The minimum absolute atomic E-state index is 0. The van der Waals surface area contributed by atoms with Crippen LogP contribution in [-0.2, 0) is 10.8 Å². The number of anilines is 3. The van der Waals surface area contributed by atoms with E-state index in [1.807, 2.05) is 0 Å². The van der Waals surface area contributed by atoms with Crippen LogP contribution in [0.1, 0.15) is 53.4 Å². The van der Waals surface area contributed by atoms with Crippen molar-refractivity contribution in [2.45, 2.75) is 18.3 Å². The van der Waals surface area contributed by atoms with Gasteiger partial charge in [-0.3, -0.25) is 0 Å². The normalized spacial score (nSPS) is 13.8. The van der Waals surface area contributed by atoms with Gasteiger partial charge in [0.15, 0.2) is 0 Å². The van der Waals surface area contributed by atoms with Crippen LogP contribution in [0.3, 0.4) is 0 Å². The molecule has 10 aromatic rings. The standard InChI is InChI=1S/C62H41N.CH4.H2/c1-3-17-42(18-4-1)44-31-35-46(36-32-44)63(47-37-33-45(34-38-47)43-19-5-2-6-20-43)48-39-40-56-52(41-48)51-23-9-12-26-55(51)62(56)59-29-15-13-27-57(59)61(58-28-14-16-30-60(58)62)53-24-10-7-21-49(53)50-22-8-11-25-54(50)61;;/h1-41H;1H4;1H. The highest BCUT2D eigenvalue weighted by Gasteiger charge is 2.58. The molecule has 0 aliphatic heterocycles. The van der Waals surface area contributed by atoms with Gasteiger partial charge in [-0.2, -0.15) is 0 Å². The first-order chi connectivity index (χ1) is 31.3. The zero-order valence-corrected chi connectivity index (χ0v) is 34.6. The SMILES string of the molecule is C.[HH].c1ccc(-c2ccc(N(c3ccc(-c4ccccc4)cc3)c3ccc4c(c3)-c3ccccc3C43c4ccccc4C4(c5ccccc5-c5ccccc54)c4ccccc43)cc2)cc1. The second-order valence-electron chi connectivity index (χ2n) is 17.1. The van der Waals surface area contributed by atoms with Gasteiger partial charge in [0.1, 0.15) is 0 Å². The zero-order valence-electron chi connectivity index (χ0n) is 34.6. The minimum Gasteiger partial charge on any atom is -0.310 e. The monoisotopic (exact) mass is 817 g/mol. The summed E-state index contributed by atoms with van der Waals surface area (Å²) >= 11 is 0. The molecule has 64 heavy (non-hydrogen) atoms. The summed E-state index contributed by atoms with van der Waals surface area (Å²) in [6, 6.07) is 92.6. The molecule has 0 unspecified atom stereocenters. The number of benzene rings is 10. The maximum absolute atomic E-state index is 2.45. The fourth-order valence-corrected chi connectivity index (χ4v) is 11.7. The second-order valence-corrected chi connectivity index (χ2v) is 17.1. The molecule has 0 heterocycles. The lowest BCUT2D eigenvalue weighted by atomic mass is 9.52. The summed E-state index contributed by atoms with van der Waals surface area (Å²) in [6.07, 6.45) is 0. The average molecular weight is 818 g/mol. The van der Waals surface area contributed by atoms with Crippen LogP contribution in [0, 0.1) is 0 Å². The molecule has 0 N–H and O–H groups in total. The molecule has 10 aromatic carbocycles. The summed E-state index contributed by atoms with van der Waals surface area (Å²) in [5.41, 5.74) is 23.1. The van der Waals surface area contributed by atoms with E-state index in [0.717, 1.165) is 17.1 Å². The molecule has 3 aliphatic rings. The molecular formula is C63H47N. The van der Waals surface area contributed by atoms with Gasteiger partial charge in [-0.1, -0.05) is 220 Å². The molecule has 0 atom stereocenters. The Labute approximate surface area is 377 Å². The summed E-state index contributed by atoms with van der Waals surface area (Å²) in [7, 11) is 0. The van der Waals surface area contributed by atoms with E-state index < -0.39 is 10.8 Å². The number of hydrogen-bond acceptors (Lipinski definition) is 1. The molecule has 0 fully saturated rings. The molecule has 0 saturated heterocycles. The molecule has 304 valence electrons. The highest BCUT2D eigenvalue weighted by atomic mass is 15.1. The lowest BCUT2D eigenvalue weighted by Crippen LogP contribution is -2.43. The summed E-state index contributed by atoms with van der Waals surface area (Å²) in [5, 5.41) is 0. The van der Waals surface area contributed by atoms with Gasteiger partial charge in [-0.05, 0) is 125 Å². The van der Waals surface area contributed by atoms with E-state index in [-0.39, 0.29) is 8.85 Å². The lowest BCUT2D eigenvalue weighted by Gasteiger charge is -2.48. The molecule has 0 bridgehead atoms. The highest BCUT2D eigenvalue weighted by Crippen LogP contribution is 2.67. The van der Waals surface area contributed by atoms with Gasteiger partial charge >= 0.3 is 0 Å². The quantitative estimate of drug-likeness (QED) is 0.167. The van der Waals surface area contributed by atoms with Crippen LogP contribution in [0.2, 0.25) is 0 Å². The van der Waals surface area contributed by atoms with Gasteiger partial charge in [0.25, 0.3) is 0 Å². The van der Waals surface area contributed by atoms with Crippen molar-refractivity contribution in [3.8, 4) is 44.5 Å². The van der Waals surface area contributed by atoms with E-state index in [1.165, 1.54) is 89.0 Å². The van der Waals surface area contributed by atoms with Gasteiger partial charge in [0, 0.05) is 18.5 Å². The van der Waals surface area contributed by atoms with Crippen LogP contribution in [0.5, 0.6) is 0 Å². The van der Waals surface area contributed by atoms with Crippen LogP contribution < -0.4 is 4.90 Å². The first-order valence-corrected chi connectivity index (χ1v) is 22.0. The number of rotatable bonds is 5. The Kier molecular flexibility index (Phi) is 8.58. The van der Waals surface area contributed by atoms with Crippen LogP contribution in [0.25, 0.3) is 44.5 Å². The van der Waals surface area contributed by atoms with Crippen LogP contribution >= 0.6 is 0 Å². The van der Waals surface area contributed by atoms with Crippen molar-refractivity contribution in [1.82, 2.24) is 0 Å². The highest BCUT2D eigenvalue weighted by molar-refractivity contribution is 5.95. The number of fused-ring (bicyclic) bond motifs is 16. The zero-order chi connectivity index (χ0) is 41.5. The third-order valence-corrected chi connectivity index (χ3v) is 14.2. The smallest absolute Gasteiger partial charge is 0.0720 e. The second kappa shape index (κ2) is 14.5. The fraction of sp³-hybridized carbons (Fsp3) is 0.0476. The van der Waals surface area contributed by atoms with E-state index in [0.29, 0.717) is 0 Å². The molecule has 13 rings (SSSR count). The summed E-state index contributed by atoms with van der Waals surface area (Å²) in [4.78, 5) is 2.42. The van der Waals surface area contributed by atoms with Gasteiger partial charge in [0.05, 0.1) is 10.8 Å². The molecule has 2 spiro atoms. The van der Waals surface area contributed by atoms with Crippen molar-refractivity contribution in [3.63, 3.8) is 0 Å². The first-order valence-electron chi connectivity index (χ1n) is 22.0. The third-order valence-electron chi connectivity index (χ3n) is 14.2. The van der Waals surface area contributed by atoms with Gasteiger partial charge in [0.2, 0.25) is 0 Å². The first kappa shape index (κ1) is 37.7. The van der Waals surface area contributed by atoms with E-state index in [2.05, 4.69) is 254 Å². The van der Waals surface area contributed by atoms with Crippen molar-refractivity contribution < 1.29 is 1.43 Å². The molecule has 1 nitrogen and oxygen atoms in total. The summed E-state index contributed by atoms with van der Waals surface area (Å²) in [5.74, 6) is 0. The van der Waals surface area contributed by atoms with Crippen molar-refractivity contribution in [1.29, 1.82) is 0 Å². The lowest BCUT2D eigenvalue weighted by molar-refractivity contribution is 0.633. The Bertz CT molecular complexity index is 3210. The van der Waals surface area contributed by atoms with Crippen molar-refractivity contribution in [2.24, 2.45) is 0 Å². The topological polar surface area (TPSA) is 3.24 Å². The van der Waals surface area contributed by atoms with Gasteiger partial charge in [-0.15, -0.1) is 0 Å². The Balaban J connectivity index is 0.00000234. The van der Waals surface area contributed by atoms with E-state index in [4.69, 9.17) is 0 Å². The van der Waals surface area contributed by atoms with Crippen molar-refractivity contribution >= 4 is 17.1 Å². The minimum atomic E-state index is -0.533. The van der Waals surface area contributed by atoms with Crippen LogP contribution in [0.15, 0.2) is 249 Å². The predicted octanol–water partition coefficient (Wildman–Crippen LogP) is 16.4. The van der Waals surface area contributed by atoms with Crippen molar-refractivity contribution in [2.75, 3.05) is 4.90 Å². The van der Waals surface area contributed by atoms with E-state index in [1.54, 1.807) is 0 Å². The molecule has 0 aromatic heterocycles. The van der Waals surface area contributed by atoms with E-state index >= 15 is 0 Å². The molecule has 3 aliphatic carbocycles. The largest absolute Gasteiger partial charge is 0.310 e. The van der Waals surface area contributed by atoms with Gasteiger partial charge < -0.3 is 4.90 Å². The Morgan fingerprint density at radius 1 is 0.234 bits per heavy atom. The van der Waals surface area contributed by atoms with Crippen LogP contribution in [-0.4, -0.2) is 0 Å². The maximum atomic E-state index is 2.45. The number of nitrogens with zero attached hydrogens (tertiary/aromatic N) is 1. The summed E-state index contributed by atoms with van der Waals surface area (Å²) < 4.78 is 0. The summed E-state index contributed by atoms with van der Waals surface area (Å²) in [6.45, 7) is 0. The predicted molar refractivity (Wildman–Crippen MR) is 269 cm³/mol. The van der Waals surface area contributed by atoms with E-state index in [9.17, 15) is 0 Å². The van der Waals surface area contributed by atoms with Gasteiger partial charge in [-0.25, -0.2) is 0 Å². The Morgan fingerprint density at radius 2 is 0.516 bits per heavy atom. The average Bonchev–Trinajstić information content (AvgIpc) is 3.82. The maximum Gasteiger partial charge on any atom is 0.0720 e. The Morgan fingerprint density at radius 3 is 0.906 bits per heavy atom. The molecular weight excluding hydrogens is 771 g/mol. The molecule has 0 amide bonds. The molecule has 1 heteroatoms. The third kappa shape index (κ3) is 5.13. The molecule has 0 saturated carbocycles. The van der Waals surface area contributed by atoms with Crippen LogP contribution in [0.4, 0.5) is 17.1 Å². The Hall–Kier alpha value is -8.00. The fourth-order valence-electron chi connectivity index (χ4n) is 11.7. The number of hydrogen-bond donors (Lipinski definition) is 0. The molecule has 0 radical (unpaired) electrons.